The van der Waals surface area contributed by atoms with Crippen LogP contribution in [-0.4, -0.2) is 46.2 Å². The first kappa shape index (κ1) is 31.2. The summed E-state index contributed by atoms with van der Waals surface area (Å²) in [5, 5.41) is 10.5. The third-order valence-electron chi connectivity index (χ3n) is 9.34. The number of carbonyl (C=O) groups is 1. The first-order valence-corrected chi connectivity index (χ1v) is 15.8. The molecule has 5 rings (SSSR count). The zero-order valence-corrected chi connectivity index (χ0v) is 27.3. The highest BCUT2D eigenvalue weighted by atomic mass is 16.5. The molecule has 2 unspecified atom stereocenters. The first-order valence-electron chi connectivity index (χ1n) is 15.8. The SMILES string of the molecule is Cc1nc(C)c(C(OC(C)(C)C)C(=O)O)c(N2CCC(C)(C)CC2)c1-c1ccc2c(c1)CCN(C(C)c1ccccc1)C2. The molecule has 0 radical (unpaired) electrons. The molecule has 2 atom stereocenters. The number of ether oxygens (including phenoxy) is 1. The first-order chi connectivity index (χ1) is 20.2. The van der Waals surface area contributed by atoms with E-state index in [1.165, 1.54) is 16.7 Å². The number of hydrogen-bond acceptors (Lipinski definition) is 5. The van der Waals surface area contributed by atoms with Gasteiger partial charge in [0.1, 0.15) is 0 Å². The second-order valence-electron chi connectivity index (χ2n) is 14.3. The fourth-order valence-electron chi connectivity index (χ4n) is 6.76. The number of nitrogens with zero attached hydrogens (tertiary/aromatic N) is 3. The summed E-state index contributed by atoms with van der Waals surface area (Å²) >= 11 is 0. The summed E-state index contributed by atoms with van der Waals surface area (Å²) in [6, 6.07) is 17.9. The van der Waals surface area contributed by atoms with Crippen molar-refractivity contribution in [3.8, 4) is 11.1 Å². The molecule has 1 fully saturated rings. The normalized spacial score (nSPS) is 18.7. The van der Waals surface area contributed by atoms with Crippen LogP contribution in [0, 0.1) is 19.3 Å². The van der Waals surface area contributed by atoms with Crippen molar-refractivity contribution in [2.24, 2.45) is 5.41 Å². The maximum Gasteiger partial charge on any atom is 0.337 e. The van der Waals surface area contributed by atoms with E-state index < -0.39 is 17.7 Å². The predicted octanol–water partition coefficient (Wildman–Crippen LogP) is 8.05. The highest BCUT2D eigenvalue weighted by Crippen LogP contribution is 2.45. The molecule has 1 N–H and O–H groups in total. The van der Waals surface area contributed by atoms with Gasteiger partial charge in [-0.1, -0.05) is 62.4 Å². The van der Waals surface area contributed by atoms with Crippen molar-refractivity contribution < 1.29 is 14.6 Å². The lowest BCUT2D eigenvalue weighted by atomic mass is 9.81. The molecule has 1 aromatic heterocycles. The van der Waals surface area contributed by atoms with Crippen molar-refractivity contribution in [3.05, 3.63) is 82.2 Å². The Morgan fingerprint density at radius 3 is 2.28 bits per heavy atom. The summed E-state index contributed by atoms with van der Waals surface area (Å²) in [6.45, 7) is 20.3. The largest absolute Gasteiger partial charge is 0.479 e. The van der Waals surface area contributed by atoms with E-state index in [-0.39, 0.29) is 5.41 Å². The zero-order valence-electron chi connectivity index (χ0n) is 27.3. The summed E-state index contributed by atoms with van der Waals surface area (Å²) < 4.78 is 6.26. The van der Waals surface area contributed by atoms with E-state index in [9.17, 15) is 9.90 Å². The lowest BCUT2D eigenvalue weighted by Gasteiger charge is -2.41. The van der Waals surface area contributed by atoms with Crippen molar-refractivity contribution in [1.29, 1.82) is 0 Å². The van der Waals surface area contributed by atoms with Gasteiger partial charge in [-0.2, -0.15) is 0 Å². The van der Waals surface area contributed by atoms with Gasteiger partial charge in [0, 0.05) is 54.7 Å². The molecule has 3 aromatic rings. The van der Waals surface area contributed by atoms with Crippen LogP contribution in [0.2, 0.25) is 0 Å². The fraction of sp³-hybridized carbons (Fsp3) is 0.514. The molecule has 3 heterocycles. The van der Waals surface area contributed by atoms with Crippen LogP contribution in [0.1, 0.15) is 100 Å². The summed E-state index contributed by atoms with van der Waals surface area (Å²) in [7, 11) is 0. The number of rotatable bonds is 7. The van der Waals surface area contributed by atoms with Gasteiger partial charge in [0.25, 0.3) is 0 Å². The van der Waals surface area contributed by atoms with Crippen molar-refractivity contribution >= 4 is 11.7 Å². The molecule has 1 saturated heterocycles. The maximum absolute atomic E-state index is 12.8. The fourth-order valence-corrected chi connectivity index (χ4v) is 6.76. The van der Waals surface area contributed by atoms with Crippen LogP contribution in [0.5, 0.6) is 0 Å². The zero-order chi connectivity index (χ0) is 31.1. The topological polar surface area (TPSA) is 65.9 Å². The molecule has 0 aliphatic carbocycles. The Bertz CT molecular complexity index is 1460. The number of aryl methyl sites for hydroxylation is 2. The Balaban J connectivity index is 1.59. The van der Waals surface area contributed by atoms with Crippen molar-refractivity contribution in [1.82, 2.24) is 9.88 Å². The van der Waals surface area contributed by atoms with Crippen LogP contribution in [-0.2, 0) is 22.5 Å². The summed E-state index contributed by atoms with van der Waals surface area (Å²) in [5.41, 5.74) is 9.15. The molecular weight excluding hydrogens is 534 g/mol. The number of aromatic nitrogens is 1. The second kappa shape index (κ2) is 12.0. The Kier molecular flexibility index (Phi) is 8.75. The quantitative estimate of drug-likeness (QED) is 0.304. The molecule has 2 aliphatic rings. The van der Waals surface area contributed by atoms with Gasteiger partial charge in [-0.3, -0.25) is 9.88 Å². The maximum atomic E-state index is 12.8. The monoisotopic (exact) mass is 583 g/mol. The Morgan fingerprint density at radius 1 is 0.977 bits per heavy atom. The Labute approximate surface area is 258 Å². The molecule has 0 bridgehead atoms. The van der Waals surface area contributed by atoms with Gasteiger partial charge in [-0.15, -0.1) is 0 Å². The van der Waals surface area contributed by atoms with Gasteiger partial charge in [0.15, 0.2) is 6.10 Å². The lowest BCUT2D eigenvalue weighted by molar-refractivity contribution is -0.160. The summed E-state index contributed by atoms with van der Waals surface area (Å²) in [4.78, 5) is 22.7. The van der Waals surface area contributed by atoms with Crippen LogP contribution in [0.3, 0.4) is 0 Å². The third kappa shape index (κ3) is 6.81. The van der Waals surface area contributed by atoms with Crippen LogP contribution in [0.25, 0.3) is 11.1 Å². The van der Waals surface area contributed by atoms with Gasteiger partial charge in [0.2, 0.25) is 0 Å². The molecule has 6 nitrogen and oxygen atoms in total. The standard InChI is InChI=1S/C37H49N3O3/c1-24-31(29-14-15-30-23-40(19-16-28(30)22-29)26(3)27-12-10-9-11-13-27)33(39-20-17-37(7,8)18-21-39)32(25(2)38-24)34(35(41)42)43-36(4,5)6/h9-15,22,26,34H,16-21,23H2,1-8H3,(H,41,42). The van der Waals surface area contributed by atoms with Crippen LogP contribution < -0.4 is 4.90 Å². The van der Waals surface area contributed by atoms with Gasteiger partial charge in [0.05, 0.1) is 11.3 Å². The van der Waals surface area contributed by atoms with Gasteiger partial charge >= 0.3 is 5.97 Å². The predicted molar refractivity (Wildman–Crippen MR) is 175 cm³/mol. The molecule has 0 amide bonds. The highest BCUT2D eigenvalue weighted by molar-refractivity contribution is 5.88. The van der Waals surface area contributed by atoms with Gasteiger partial charge < -0.3 is 14.7 Å². The minimum Gasteiger partial charge on any atom is -0.479 e. The van der Waals surface area contributed by atoms with Crippen molar-refractivity contribution in [2.75, 3.05) is 24.5 Å². The average Bonchev–Trinajstić information content (AvgIpc) is 2.95. The Morgan fingerprint density at radius 2 is 1.65 bits per heavy atom. The number of pyridine rings is 1. The smallest absolute Gasteiger partial charge is 0.337 e. The van der Waals surface area contributed by atoms with E-state index in [1.807, 2.05) is 27.7 Å². The summed E-state index contributed by atoms with van der Waals surface area (Å²) in [5.74, 6) is -0.980. The number of carboxylic acid groups (broad SMARTS) is 1. The van der Waals surface area contributed by atoms with E-state index in [0.29, 0.717) is 11.6 Å². The number of fused-ring (bicyclic) bond motifs is 1. The Hall–Kier alpha value is -3.22. The van der Waals surface area contributed by atoms with E-state index in [0.717, 1.165) is 73.6 Å². The van der Waals surface area contributed by atoms with E-state index in [4.69, 9.17) is 9.72 Å². The number of piperidine rings is 1. The molecular formula is C37H49N3O3. The molecule has 2 aliphatic heterocycles. The van der Waals surface area contributed by atoms with Gasteiger partial charge in [-0.05, 0) is 88.5 Å². The van der Waals surface area contributed by atoms with Crippen molar-refractivity contribution in [3.63, 3.8) is 0 Å². The minimum absolute atomic E-state index is 0.261. The van der Waals surface area contributed by atoms with Crippen molar-refractivity contribution in [2.45, 2.75) is 98.9 Å². The molecule has 230 valence electrons. The minimum atomic E-state index is -1.11. The number of aliphatic carboxylic acids is 1. The average molecular weight is 584 g/mol. The molecule has 43 heavy (non-hydrogen) atoms. The number of hydrogen-bond donors (Lipinski definition) is 1. The van der Waals surface area contributed by atoms with E-state index >= 15 is 0 Å². The molecule has 6 heteroatoms. The number of benzene rings is 2. The third-order valence-corrected chi connectivity index (χ3v) is 9.34. The van der Waals surface area contributed by atoms with Crippen LogP contribution in [0.15, 0.2) is 48.5 Å². The van der Waals surface area contributed by atoms with Gasteiger partial charge in [-0.25, -0.2) is 4.79 Å². The van der Waals surface area contributed by atoms with Crippen LogP contribution >= 0.6 is 0 Å². The van der Waals surface area contributed by atoms with Crippen LogP contribution in [0.4, 0.5) is 5.69 Å². The molecule has 2 aromatic carbocycles. The second-order valence-corrected chi connectivity index (χ2v) is 14.3. The molecule has 0 saturated carbocycles. The van der Waals surface area contributed by atoms with E-state index in [2.05, 4.69) is 86.0 Å². The number of anilines is 1. The lowest BCUT2D eigenvalue weighted by Crippen LogP contribution is -2.39. The summed E-state index contributed by atoms with van der Waals surface area (Å²) in [6.07, 6.45) is 1.96. The molecule has 0 spiro atoms. The van der Waals surface area contributed by atoms with E-state index in [1.54, 1.807) is 0 Å². The highest BCUT2D eigenvalue weighted by Gasteiger charge is 2.36. The number of carboxylic acids is 1.